The van der Waals surface area contributed by atoms with Gasteiger partial charge in [-0.2, -0.15) is 4.98 Å². The number of benzene rings is 1. The molecular formula is C21H21Cl2FN6O3. The lowest BCUT2D eigenvalue weighted by molar-refractivity contribution is 0.0293. The molecule has 1 aromatic carbocycles. The molecule has 1 saturated heterocycles. The molecule has 3 aromatic rings. The Morgan fingerprint density at radius 3 is 2.79 bits per heavy atom. The fourth-order valence-electron chi connectivity index (χ4n) is 3.22. The number of nitrogens with zero attached hydrogens (tertiary/aromatic N) is 5. The van der Waals surface area contributed by atoms with Crippen LogP contribution in [0.1, 0.15) is 27.2 Å². The smallest absolute Gasteiger partial charge is 0.410 e. The van der Waals surface area contributed by atoms with Crippen LogP contribution in [0.5, 0.6) is 11.6 Å². The second kappa shape index (κ2) is 9.11. The summed E-state index contributed by atoms with van der Waals surface area (Å²) in [4.78, 5) is 30.8. The summed E-state index contributed by atoms with van der Waals surface area (Å²) in [6, 6.07) is 2.70. The van der Waals surface area contributed by atoms with Crippen LogP contribution >= 0.6 is 23.2 Å². The van der Waals surface area contributed by atoms with Crippen molar-refractivity contribution in [1.29, 1.82) is 0 Å². The van der Waals surface area contributed by atoms with Gasteiger partial charge in [0.15, 0.2) is 17.1 Å². The van der Waals surface area contributed by atoms with Crippen LogP contribution in [0.3, 0.4) is 0 Å². The van der Waals surface area contributed by atoms with Gasteiger partial charge in [-0.25, -0.2) is 24.1 Å². The predicted molar refractivity (Wildman–Crippen MR) is 121 cm³/mol. The Morgan fingerprint density at radius 2 is 2.03 bits per heavy atom. The van der Waals surface area contributed by atoms with Crippen LogP contribution in [0, 0.1) is 5.82 Å². The number of nitrogens with one attached hydrogen (secondary N) is 1. The van der Waals surface area contributed by atoms with E-state index in [2.05, 4.69) is 25.3 Å². The van der Waals surface area contributed by atoms with E-state index in [1.165, 1.54) is 24.7 Å². The molecule has 12 heteroatoms. The summed E-state index contributed by atoms with van der Waals surface area (Å²) in [7, 11) is 0. The molecule has 0 spiro atoms. The second-order valence-electron chi connectivity index (χ2n) is 8.44. The minimum atomic E-state index is -0.809. The van der Waals surface area contributed by atoms with E-state index in [-0.39, 0.29) is 39.3 Å². The maximum atomic E-state index is 14.4. The number of hydrogen-bond acceptors (Lipinski definition) is 8. The van der Waals surface area contributed by atoms with Gasteiger partial charge in [0, 0.05) is 19.1 Å². The van der Waals surface area contributed by atoms with E-state index >= 15 is 0 Å². The van der Waals surface area contributed by atoms with Crippen molar-refractivity contribution in [1.82, 2.24) is 24.8 Å². The van der Waals surface area contributed by atoms with E-state index in [9.17, 15) is 9.18 Å². The van der Waals surface area contributed by atoms with Gasteiger partial charge in [-0.05, 0) is 39.3 Å². The Balaban J connectivity index is 1.52. The average Bonchev–Trinajstić information content (AvgIpc) is 3.22. The van der Waals surface area contributed by atoms with Crippen molar-refractivity contribution in [3.05, 3.63) is 40.5 Å². The topological polar surface area (TPSA) is 102 Å². The zero-order chi connectivity index (χ0) is 23.8. The molecule has 1 aliphatic heterocycles. The van der Waals surface area contributed by atoms with E-state index in [0.717, 1.165) is 0 Å². The van der Waals surface area contributed by atoms with E-state index in [1.807, 2.05) is 20.8 Å². The van der Waals surface area contributed by atoms with Gasteiger partial charge < -0.3 is 19.7 Å². The van der Waals surface area contributed by atoms with Gasteiger partial charge >= 0.3 is 6.09 Å². The van der Waals surface area contributed by atoms with Crippen molar-refractivity contribution in [3.63, 3.8) is 0 Å². The number of rotatable bonds is 4. The molecule has 1 atom stereocenters. The second-order valence-corrected chi connectivity index (χ2v) is 9.22. The summed E-state index contributed by atoms with van der Waals surface area (Å²) >= 11 is 11.7. The molecule has 1 unspecified atom stereocenters. The van der Waals surface area contributed by atoms with E-state index in [0.29, 0.717) is 31.0 Å². The molecule has 1 fully saturated rings. The Bertz CT molecular complexity index is 1210. The predicted octanol–water partition coefficient (Wildman–Crippen LogP) is 5.08. The fraction of sp³-hybridized carbons (Fsp3) is 0.381. The molecule has 1 amide bonds. The van der Waals surface area contributed by atoms with Crippen molar-refractivity contribution in [3.8, 4) is 11.6 Å². The third-order valence-electron chi connectivity index (χ3n) is 4.72. The molecule has 33 heavy (non-hydrogen) atoms. The minimum Gasteiger partial charge on any atom is -0.444 e. The number of fused-ring (bicyclic) bond motifs is 1. The van der Waals surface area contributed by atoms with Gasteiger partial charge in [0.05, 0.1) is 16.2 Å². The van der Waals surface area contributed by atoms with E-state index in [4.69, 9.17) is 32.7 Å². The Labute approximate surface area is 199 Å². The molecule has 0 radical (unpaired) electrons. The average molecular weight is 495 g/mol. The molecule has 174 valence electrons. The number of likely N-dealkylation sites (tertiary alicyclic amines) is 1. The van der Waals surface area contributed by atoms with Crippen molar-refractivity contribution in [2.24, 2.45) is 0 Å². The number of hydrogen-bond donors (Lipinski definition) is 1. The van der Waals surface area contributed by atoms with Crippen LogP contribution in [0.15, 0.2) is 24.7 Å². The van der Waals surface area contributed by atoms with Crippen LogP contribution in [-0.2, 0) is 4.74 Å². The molecule has 1 aliphatic rings. The first kappa shape index (κ1) is 23.2. The Hall–Kier alpha value is -2.98. The van der Waals surface area contributed by atoms with Gasteiger partial charge in [-0.3, -0.25) is 0 Å². The van der Waals surface area contributed by atoms with Gasteiger partial charge in [0.25, 0.3) is 0 Å². The molecule has 2 aromatic heterocycles. The van der Waals surface area contributed by atoms with Crippen molar-refractivity contribution >= 4 is 46.3 Å². The monoisotopic (exact) mass is 494 g/mol. The van der Waals surface area contributed by atoms with E-state index < -0.39 is 11.4 Å². The van der Waals surface area contributed by atoms with Crippen LogP contribution < -0.4 is 10.1 Å². The Kier molecular flexibility index (Phi) is 6.40. The minimum absolute atomic E-state index is 0.0320. The van der Waals surface area contributed by atoms with E-state index in [1.54, 1.807) is 4.90 Å². The van der Waals surface area contributed by atoms with Crippen molar-refractivity contribution in [2.45, 2.75) is 38.8 Å². The number of halogens is 3. The zero-order valence-corrected chi connectivity index (χ0v) is 19.6. The lowest BCUT2D eigenvalue weighted by Crippen LogP contribution is -2.36. The molecule has 0 bridgehead atoms. The number of anilines is 1. The van der Waals surface area contributed by atoms with Crippen LogP contribution in [0.4, 0.5) is 15.1 Å². The van der Waals surface area contributed by atoms with Gasteiger partial charge in [-0.1, -0.05) is 23.2 Å². The first-order valence-corrected chi connectivity index (χ1v) is 10.9. The standard InChI is InChI=1S/C21H21Cl2FN6O3/c1-21(2,3)33-20(31)30-7-6-11(9-30)28-19-25-8-13-17(29-19)18(27-10-26-13)32-14-5-4-12(22)15(23)16(14)24/h4-5,8,10-11H,6-7,9H2,1-3H3,(H,25,28,29). The zero-order valence-electron chi connectivity index (χ0n) is 18.1. The lowest BCUT2D eigenvalue weighted by atomic mass is 10.2. The molecule has 0 aliphatic carbocycles. The summed E-state index contributed by atoms with van der Waals surface area (Å²) in [5, 5.41) is 3.02. The molecular weight excluding hydrogens is 474 g/mol. The van der Waals surface area contributed by atoms with Gasteiger partial charge in [0.2, 0.25) is 11.8 Å². The van der Waals surface area contributed by atoms with Crippen molar-refractivity contribution in [2.75, 3.05) is 18.4 Å². The highest BCUT2D eigenvalue weighted by Crippen LogP contribution is 2.34. The summed E-state index contributed by atoms with van der Waals surface area (Å²) in [6.45, 7) is 6.47. The molecule has 4 rings (SSSR count). The molecule has 1 N–H and O–H groups in total. The summed E-state index contributed by atoms with van der Waals surface area (Å²) in [6.07, 6.45) is 3.10. The summed E-state index contributed by atoms with van der Waals surface area (Å²) in [5.74, 6) is -0.629. The quantitative estimate of drug-likeness (QED) is 0.500. The maximum absolute atomic E-state index is 14.4. The SMILES string of the molecule is CC(C)(C)OC(=O)N1CCC(Nc2ncc3ncnc(Oc4ccc(Cl)c(Cl)c4F)c3n2)C1. The van der Waals surface area contributed by atoms with Crippen LogP contribution in [0.2, 0.25) is 10.0 Å². The first-order valence-electron chi connectivity index (χ1n) is 10.1. The highest BCUT2D eigenvalue weighted by atomic mass is 35.5. The van der Waals surface area contributed by atoms with Gasteiger partial charge in [-0.15, -0.1) is 0 Å². The number of carbonyl (C=O) groups is 1. The lowest BCUT2D eigenvalue weighted by Gasteiger charge is -2.24. The number of carbonyl (C=O) groups excluding carboxylic acids is 1. The third kappa shape index (κ3) is 5.33. The fourth-order valence-corrected chi connectivity index (χ4v) is 3.52. The highest BCUT2D eigenvalue weighted by molar-refractivity contribution is 6.42. The summed E-state index contributed by atoms with van der Waals surface area (Å²) < 4.78 is 25.5. The third-order valence-corrected chi connectivity index (χ3v) is 5.50. The van der Waals surface area contributed by atoms with Crippen LogP contribution in [-0.4, -0.2) is 55.7 Å². The molecule has 9 nitrogen and oxygen atoms in total. The summed E-state index contributed by atoms with van der Waals surface area (Å²) in [5.41, 5.74) is 0.129. The van der Waals surface area contributed by atoms with Crippen LogP contribution in [0.25, 0.3) is 11.0 Å². The molecule has 3 heterocycles. The molecule has 0 saturated carbocycles. The van der Waals surface area contributed by atoms with Gasteiger partial charge in [0.1, 0.15) is 17.4 Å². The number of amides is 1. The first-order chi connectivity index (χ1) is 15.6. The largest absolute Gasteiger partial charge is 0.444 e. The number of ether oxygens (including phenoxy) is 2. The van der Waals surface area contributed by atoms with Crippen molar-refractivity contribution < 1.29 is 18.7 Å². The maximum Gasteiger partial charge on any atom is 0.410 e. The highest BCUT2D eigenvalue weighted by Gasteiger charge is 2.30. The Morgan fingerprint density at radius 1 is 1.24 bits per heavy atom. The normalized spacial score (nSPS) is 16.2. The number of aromatic nitrogens is 4.